The van der Waals surface area contributed by atoms with Crippen molar-refractivity contribution in [2.45, 2.75) is 51.1 Å². The molecule has 3 aliphatic heterocycles. The molecule has 176 valence electrons. The van der Waals surface area contributed by atoms with Crippen LogP contribution < -0.4 is 16.0 Å². The summed E-state index contributed by atoms with van der Waals surface area (Å²) in [5.41, 5.74) is 5.84. The number of carbonyl (C=O) groups is 2. The molecule has 1 aromatic rings. The zero-order valence-corrected chi connectivity index (χ0v) is 19.3. The Kier molecular flexibility index (Phi) is 6.45. The second-order valence-corrected chi connectivity index (χ2v) is 10.3. The lowest BCUT2D eigenvalue weighted by atomic mass is 9.75. The number of amides is 2. The third-order valence-corrected chi connectivity index (χ3v) is 7.37. The molecule has 0 aliphatic carbocycles. The van der Waals surface area contributed by atoms with E-state index in [0.717, 1.165) is 51.3 Å². The molecule has 8 heteroatoms. The van der Waals surface area contributed by atoms with Gasteiger partial charge in [-0.05, 0) is 63.8 Å². The molecule has 0 bridgehead atoms. The van der Waals surface area contributed by atoms with Crippen molar-refractivity contribution in [1.29, 1.82) is 0 Å². The molecule has 3 heterocycles. The highest BCUT2D eigenvalue weighted by Crippen LogP contribution is 2.41. The van der Waals surface area contributed by atoms with Crippen LogP contribution in [0, 0.1) is 11.2 Å². The first-order valence-corrected chi connectivity index (χ1v) is 11.8. The number of anilines is 1. The molecule has 3 fully saturated rings. The first-order chi connectivity index (χ1) is 15.2. The van der Waals surface area contributed by atoms with Crippen LogP contribution in [0.4, 0.5) is 10.1 Å². The van der Waals surface area contributed by atoms with Gasteiger partial charge in [-0.1, -0.05) is 0 Å². The largest absolute Gasteiger partial charge is 0.369 e. The van der Waals surface area contributed by atoms with E-state index in [0.29, 0.717) is 25.9 Å². The number of likely N-dealkylation sites (tertiary alicyclic amines) is 1. The fourth-order valence-corrected chi connectivity index (χ4v) is 5.32. The van der Waals surface area contributed by atoms with Crippen LogP contribution in [-0.2, 0) is 9.59 Å². The molecule has 1 aromatic carbocycles. The van der Waals surface area contributed by atoms with Crippen LogP contribution in [0.25, 0.3) is 0 Å². The zero-order valence-electron chi connectivity index (χ0n) is 19.3. The van der Waals surface area contributed by atoms with Crippen molar-refractivity contribution >= 4 is 17.5 Å². The number of piperazine rings is 1. The van der Waals surface area contributed by atoms with E-state index in [1.165, 1.54) is 12.1 Å². The number of benzene rings is 1. The molecular formula is C24H36FN5O2. The Labute approximate surface area is 190 Å². The average molecular weight is 446 g/mol. The van der Waals surface area contributed by atoms with Crippen LogP contribution >= 0.6 is 0 Å². The minimum atomic E-state index is -0.869. The Balaban J connectivity index is 1.22. The number of hydrogen-bond acceptors (Lipinski definition) is 5. The molecule has 7 nitrogen and oxygen atoms in total. The van der Waals surface area contributed by atoms with Gasteiger partial charge in [0.2, 0.25) is 11.8 Å². The van der Waals surface area contributed by atoms with Crippen LogP contribution in [0.2, 0.25) is 0 Å². The standard InChI is InChI=1S/C24H36FN5O2/c1-23(2,26)22(32)30-11-8-24(9-12-30)17-19(27-21(24)31)7-10-28-13-15-29(16-14-28)20-5-3-18(25)4-6-20/h3-6,19H,7-17,26H2,1-2H3,(H,27,31). The van der Waals surface area contributed by atoms with E-state index in [1.807, 2.05) is 17.0 Å². The minimum Gasteiger partial charge on any atom is -0.369 e. The Bertz CT molecular complexity index is 822. The van der Waals surface area contributed by atoms with Crippen molar-refractivity contribution in [3.63, 3.8) is 0 Å². The Morgan fingerprint density at radius 1 is 1.12 bits per heavy atom. The normalized spacial score (nSPS) is 24.1. The van der Waals surface area contributed by atoms with Gasteiger partial charge in [0, 0.05) is 57.5 Å². The lowest BCUT2D eigenvalue weighted by Gasteiger charge is -2.39. The number of piperidine rings is 1. The second-order valence-electron chi connectivity index (χ2n) is 10.3. The molecule has 3 saturated heterocycles. The van der Waals surface area contributed by atoms with Gasteiger partial charge in [-0.15, -0.1) is 0 Å². The van der Waals surface area contributed by atoms with E-state index in [4.69, 9.17) is 5.73 Å². The topological polar surface area (TPSA) is 81.9 Å². The van der Waals surface area contributed by atoms with E-state index < -0.39 is 5.54 Å². The quantitative estimate of drug-likeness (QED) is 0.719. The summed E-state index contributed by atoms with van der Waals surface area (Å²) in [6, 6.07) is 6.90. The van der Waals surface area contributed by atoms with Crippen molar-refractivity contribution in [2.75, 3.05) is 50.7 Å². The smallest absolute Gasteiger partial charge is 0.242 e. The molecule has 3 aliphatic rings. The predicted molar refractivity (Wildman–Crippen MR) is 123 cm³/mol. The van der Waals surface area contributed by atoms with Crippen molar-refractivity contribution in [2.24, 2.45) is 11.1 Å². The Hall–Kier alpha value is -2.19. The number of nitrogens with one attached hydrogen (secondary N) is 1. The molecule has 1 spiro atoms. The molecule has 0 radical (unpaired) electrons. The fourth-order valence-electron chi connectivity index (χ4n) is 5.32. The van der Waals surface area contributed by atoms with E-state index in [1.54, 1.807) is 13.8 Å². The van der Waals surface area contributed by atoms with Gasteiger partial charge in [0.05, 0.1) is 11.0 Å². The molecule has 1 unspecified atom stereocenters. The summed E-state index contributed by atoms with van der Waals surface area (Å²) < 4.78 is 13.1. The lowest BCUT2D eigenvalue weighted by molar-refractivity contribution is -0.141. The molecule has 32 heavy (non-hydrogen) atoms. The summed E-state index contributed by atoms with van der Waals surface area (Å²) in [6.07, 6.45) is 3.24. The van der Waals surface area contributed by atoms with Crippen molar-refractivity contribution in [1.82, 2.24) is 15.1 Å². The summed E-state index contributed by atoms with van der Waals surface area (Å²) >= 11 is 0. The zero-order chi connectivity index (χ0) is 22.9. The SMILES string of the molecule is CC(C)(N)C(=O)N1CCC2(CC1)CC(CCN1CCN(c3ccc(F)cc3)CC1)NC2=O. The lowest BCUT2D eigenvalue weighted by Crippen LogP contribution is -2.55. The summed E-state index contributed by atoms with van der Waals surface area (Å²) in [6.45, 7) is 9.42. The first kappa shape index (κ1) is 23.0. The number of nitrogens with two attached hydrogens (primary N) is 1. The van der Waals surface area contributed by atoms with Gasteiger partial charge in [-0.3, -0.25) is 14.5 Å². The van der Waals surface area contributed by atoms with Gasteiger partial charge >= 0.3 is 0 Å². The van der Waals surface area contributed by atoms with Crippen LogP contribution in [0.5, 0.6) is 0 Å². The Morgan fingerprint density at radius 3 is 2.34 bits per heavy atom. The Morgan fingerprint density at radius 2 is 1.75 bits per heavy atom. The number of carbonyl (C=O) groups excluding carboxylic acids is 2. The van der Waals surface area contributed by atoms with Gasteiger partial charge in [-0.25, -0.2) is 4.39 Å². The van der Waals surface area contributed by atoms with Crippen LogP contribution in [0.3, 0.4) is 0 Å². The molecule has 0 aromatic heterocycles. The van der Waals surface area contributed by atoms with E-state index >= 15 is 0 Å². The van der Waals surface area contributed by atoms with Crippen molar-refractivity contribution in [3.05, 3.63) is 30.1 Å². The number of halogens is 1. The number of nitrogens with zero attached hydrogens (tertiary/aromatic N) is 3. The second kappa shape index (κ2) is 8.98. The molecule has 3 N–H and O–H groups in total. The predicted octanol–water partition coefficient (Wildman–Crippen LogP) is 1.57. The van der Waals surface area contributed by atoms with Gasteiger partial charge in [0.25, 0.3) is 0 Å². The van der Waals surface area contributed by atoms with Crippen LogP contribution in [0.1, 0.15) is 39.5 Å². The van der Waals surface area contributed by atoms with E-state index in [-0.39, 0.29) is 29.1 Å². The third-order valence-electron chi connectivity index (χ3n) is 7.37. The molecule has 0 saturated carbocycles. The van der Waals surface area contributed by atoms with Crippen LogP contribution in [0.15, 0.2) is 24.3 Å². The third kappa shape index (κ3) is 4.91. The van der Waals surface area contributed by atoms with Crippen LogP contribution in [-0.4, -0.2) is 79.0 Å². The summed E-state index contributed by atoms with van der Waals surface area (Å²) in [7, 11) is 0. The highest BCUT2D eigenvalue weighted by molar-refractivity contribution is 5.87. The highest BCUT2D eigenvalue weighted by Gasteiger charge is 2.49. The fraction of sp³-hybridized carbons (Fsp3) is 0.667. The molecular weight excluding hydrogens is 409 g/mol. The summed E-state index contributed by atoms with van der Waals surface area (Å²) in [5, 5.41) is 3.23. The highest BCUT2D eigenvalue weighted by atomic mass is 19.1. The van der Waals surface area contributed by atoms with Crippen molar-refractivity contribution < 1.29 is 14.0 Å². The molecule has 1 atom stereocenters. The first-order valence-electron chi connectivity index (χ1n) is 11.8. The summed E-state index contributed by atoms with van der Waals surface area (Å²) in [4.78, 5) is 31.8. The minimum absolute atomic E-state index is 0.0397. The maximum atomic E-state index is 13.1. The van der Waals surface area contributed by atoms with E-state index in [9.17, 15) is 14.0 Å². The maximum Gasteiger partial charge on any atom is 0.242 e. The monoisotopic (exact) mass is 445 g/mol. The maximum absolute atomic E-state index is 13.1. The van der Waals surface area contributed by atoms with Gasteiger partial charge in [0.1, 0.15) is 5.82 Å². The number of rotatable bonds is 5. The summed E-state index contributed by atoms with van der Waals surface area (Å²) in [5.74, 6) is -0.0888. The molecule has 4 rings (SSSR count). The van der Waals surface area contributed by atoms with Crippen molar-refractivity contribution in [3.8, 4) is 0 Å². The van der Waals surface area contributed by atoms with Gasteiger partial charge in [-0.2, -0.15) is 0 Å². The van der Waals surface area contributed by atoms with Gasteiger partial charge < -0.3 is 20.9 Å². The number of hydrogen-bond donors (Lipinski definition) is 2. The average Bonchev–Trinajstić information content (AvgIpc) is 3.07. The molecule has 2 amide bonds. The van der Waals surface area contributed by atoms with Gasteiger partial charge in [0.15, 0.2) is 0 Å². The van der Waals surface area contributed by atoms with E-state index in [2.05, 4.69) is 15.1 Å².